The highest BCUT2D eigenvalue weighted by molar-refractivity contribution is 5.66. The molecule has 0 saturated carbocycles. The number of aliphatic hydroxyl groups is 1. The second-order valence-electron chi connectivity index (χ2n) is 5.56. The van der Waals surface area contributed by atoms with Crippen LogP contribution in [0, 0.1) is 0 Å². The lowest BCUT2D eigenvalue weighted by Gasteiger charge is -2.06. The summed E-state index contributed by atoms with van der Waals surface area (Å²) >= 11 is 0. The molecule has 0 rings (SSSR count). The van der Waals surface area contributed by atoms with Crippen LogP contribution in [0.3, 0.4) is 0 Å². The number of unbranched alkanes of at least 4 members (excludes halogenated alkanes) is 7. The Balaban J connectivity index is 3.27. The van der Waals surface area contributed by atoms with Gasteiger partial charge in [-0.25, -0.2) is 0 Å². The molecule has 0 heterocycles. The molecule has 0 aromatic carbocycles. The number of hydrogen-bond acceptors (Lipinski definition) is 2. The van der Waals surface area contributed by atoms with E-state index in [2.05, 4.69) is 19.1 Å². The molecule has 3 nitrogen and oxygen atoms in total. The van der Waals surface area contributed by atoms with Crippen molar-refractivity contribution in [2.75, 3.05) is 0 Å². The third-order valence-corrected chi connectivity index (χ3v) is 3.48. The van der Waals surface area contributed by atoms with E-state index < -0.39 is 5.97 Å². The van der Waals surface area contributed by atoms with E-state index in [9.17, 15) is 9.90 Å². The summed E-state index contributed by atoms with van der Waals surface area (Å²) in [6.45, 7) is 2.20. The Morgan fingerprint density at radius 3 is 2.40 bits per heavy atom. The molecule has 0 saturated heterocycles. The van der Waals surface area contributed by atoms with Crippen molar-refractivity contribution in [2.24, 2.45) is 0 Å². The third-order valence-electron chi connectivity index (χ3n) is 3.48. The fourth-order valence-electron chi connectivity index (χ4n) is 2.19. The minimum absolute atomic E-state index is 0.182. The summed E-state index contributed by atoms with van der Waals surface area (Å²) in [6, 6.07) is 0. The fourth-order valence-corrected chi connectivity index (χ4v) is 2.19. The molecule has 0 aromatic rings. The van der Waals surface area contributed by atoms with E-state index in [-0.39, 0.29) is 6.10 Å². The number of rotatable bonds is 14. The largest absolute Gasteiger partial charge is 0.481 e. The minimum atomic E-state index is -0.696. The maximum atomic E-state index is 10.3. The van der Waals surface area contributed by atoms with E-state index >= 15 is 0 Å². The molecule has 0 amide bonds. The van der Waals surface area contributed by atoms with E-state index in [4.69, 9.17) is 5.11 Å². The molecule has 3 heteroatoms. The van der Waals surface area contributed by atoms with Crippen molar-refractivity contribution >= 4 is 5.97 Å². The standard InChI is InChI=1S/C17H32O3/c1-2-3-4-10-13-16(18)14-11-8-6-5-7-9-12-15-17(19)20/h8,11,16,18H,2-7,9-10,12-15H2,1H3,(H,19,20). The summed E-state index contributed by atoms with van der Waals surface area (Å²) in [7, 11) is 0. The summed E-state index contributed by atoms with van der Waals surface area (Å²) in [5.74, 6) is -0.696. The number of carbonyl (C=O) groups is 1. The molecule has 118 valence electrons. The Hall–Kier alpha value is -0.830. The first kappa shape index (κ1) is 19.2. The van der Waals surface area contributed by atoms with Gasteiger partial charge in [-0.3, -0.25) is 4.79 Å². The first-order valence-electron chi connectivity index (χ1n) is 8.21. The van der Waals surface area contributed by atoms with Crippen LogP contribution < -0.4 is 0 Å². The zero-order valence-electron chi connectivity index (χ0n) is 13.0. The lowest BCUT2D eigenvalue weighted by Crippen LogP contribution is -2.04. The maximum Gasteiger partial charge on any atom is 0.303 e. The van der Waals surface area contributed by atoms with Gasteiger partial charge in [0.25, 0.3) is 0 Å². The number of aliphatic hydroxyl groups excluding tert-OH is 1. The van der Waals surface area contributed by atoms with E-state index in [1.54, 1.807) is 0 Å². The van der Waals surface area contributed by atoms with Crippen LogP contribution in [0.15, 0.2) is 12.2 Å². The zero-order chi connectivity index (χ0) is 15.1. The Bertz CT molecular complexity index is 249. The third kappa shape index (κ3) is 15.2. The van der Waals surface area contributed by atoms with E-state index in [0.29, 0.717) is 6.42 Å². The molecule has 0 aromatic heterocycles. The molecule has 0 fully saturated rings. The van der Waals surface area contributed by atoms with Crippen LogP contribution in [0.5, 0.6) is 0 Å². The molecular weight excluding hydrogens is 252 g/mol. The van der Waals surface area contributed by atoms with E-state index in [1.807, 2.05) is 0 Å². The topological polar surface area (TPSA) is 57.5 Å². The SMILES string of the molecule is CCCCCCC(O)CC=CCCCCCCC(=O)O. The molecule has 0 aliphatic rings. The Kier molecular flexibility index (Phi) is 14.0. The van der Waals surface area contributed by atoms with Crippen molar-refractivity contribution in [2.45, 2.75) is 90.1 Å². The number of hydrogen-bond donors (Lipinski definition) is 2. The Labute approximate surface area is 124 Å². The average molecular weight is 284 g/mol. The second kappa shape index (κ2) is 14.6. The molecule has 0 bridgehead atoms. The molecule has 1 unspecified atom stereocenters. The second-order valence-corrected chi connectivity index (χ2v) is 5.56. The average Bonchev–Trinajstić information content (AvgIpc) is 2.41. The van der Waals surface area contributed by atoms with Gasteiger partial charge in [0.1, 0.15) is 0 Å². The van der Waals surface area contributed by atoms with Gasteiger partial charge in [-0.15, -0.1) is 0 Å². The van der Waals surface area contributed by atoms with Gasteiger partial charge < -0.3 is 10.2 Å². The van der Waals surface area contributed by atoms with Gasteiger partial charge in [0, 0.05) is 6.42 Å². The predicted molar refractivity (Wildman–Crippen MR) is 83.9 cm³/mol. The van der Waals surface area contributed by atoms with Crippen LogP contribution in [0.1, 0.15) is 84.0 Å². The first-order valence-corrected chi connectivity index (χ1v) is 8.21. The molecule has 0 aliphatic heterocycles. The van der Waals surface area contributed by atoms with Crippen molar-refractivity contribution in [3.63, 3.8) is 0 Å². The van der Waals surface area contributed by atoms with Crippen molar-refractivity contribution < 1.29 is 15.0 Å². The molecule has 0 spiro atoms. The predicted octanol–water partition coefficient (Wildman–Crippen LogP) is 4.69. The highest BCUT2D eigenvalue weighted by Crippen LogP contribution is 2.09. The van der Waals surface area contributed by atoms with Crippen molar-refractivity contribution in [3.8, 4) is 0 Å². The zero-order valence-corrected chi connectivity index (χ0v) is 13.0. The normalized spacial score (nSPS) is 12.9. The molecule has 0 radical (unpaired) electrons. The maximum absolute atomic E-state index is 10.3. The van der Waals surface area contributed by atoms with Gasteiger partial charge in [0.15, 0.2) is 0 Å². The smallest absolute Gasteiger partial charge is 0.303 e. The van der Waals surface area contributed by atoms with Gasteiger partial charge in [-0.05, 0) is 32.1 Å². The highest BCUT2D eigenvalue weighted by Gasteiger charge is 2.00. The Morgan fingerprint density at radius 1 is 1.00 bits per heavy atom. The summed E-state index contributed by atoms with van der Waals surface area (Å²) in [4.78, 5) is 10.3. The van der Waals surface area contributed by atoms with Gasteiger partial charge in [0.05, 0.1) is 6.10 Å². The molecular formula is C17H32O3. The van der Waals surface area contributed by atoms with Gasteiger partial charge in [-0.2, -0.15) is 0 Å². The van der Waals surface area contributed by atoms with Crippen LogP contribution in [-0.4, -0.2) is 22.3 Å². The van der Waals surface area contributed by atoms with Crippen molar-refractivity contribution in [1.29, 1.82) is 0 Å². The number of carboxylic acids is 1. The summed E-state index contributed by atoms with van der Waals surface area (Å²) in [5.41, 5.74) is 0. The summed E-state index contributed by atoms with van der Waals surface area (Å²) < 4.78 is 0. The summed E-state index contributed by atoms with van der Waals surface area (Å²) in [6.07, 6.45) is 15.9. The molecule has 0 aliphatic carbocycles. The molecule has 2 N–H and O–H groups in total. The van der Waals surface area contributed by atoms with Crippen molar-refractivity contribution in [3.05, 3.63) is 12.2 Å². The van der Waals surface area contributed by atoms with Crippen LogP contribution >= 0.6 is 0 Å². The van der Waals surface area contributed by atoms with E-state index in [0.717, 1.165) is 51.4 Å². The van der Waals surface area contributed by atoms with Crippen LogP contribution in [-0.2, 0) is 4.79 Å². The molecule has 20 heavy (non-hydrogen) atoms. The van der Waals surface area contributed by atoms with Gasteiger partial charge >= 0.3 is 5.97 Å². The van der Waals surface area contributed by atoms with Crippen LogP contribution in [0.25, 0.3) is 0 Å². The highest BCUT2D eigenvalue weighted by atomic mass is 16.4. The van der Waals surface area contributed by atoms with Crippen molar-refractivity contribution in [1.82, 2.24) is 0 Å². The van der Waals surface area contributed by atoms with Gasteiger partial charge in [-0.1, -0.05) is 57.6 Å². The number of aliphatic carboxylic acids is 1. The summed E-state index contributed by atoms with van der Waals surface area (Å²) in [5, 5.41) is 18.3. The first-order chi connectivity index (χ1) is 9.66. The lowest BCUT2D eigenvalue weighted by atomic mass is 10.1. The molecule has 1 atom stereocenters. The fraction of sp³-hybridized carbons (Fsp3) is 0.824. The number of carboxylic acid groups (broad SMARTS) is 1. The lowest BCUT2D eigenvalue weighted by molar-refractivity contribution is -0.137. The Morgan fingerprint density at radius 2 is 1.70 bits per heavy atom. The van der Waals surface area contributed by atoms with Gasteiger partial charge in [0.2, 0.25) is 0 Å². The minimum Gasteiger partial charge on any atom is -0.481 e. The van der Waals surface area contributed by atoms with E-state index in [1.165, 1.54) is 19.3 Å². The quantitative estimate of drug-likeness (QED) is 0.359. The van der Waals surface area contributed by atoms with Crippen LogP contribution in [0.4, 0.5) is 0 Å². The number of allylic oxidation sites excluding steroid dienone is 1. The van der Waals surface area contributed by atoms with Crippen LogP contribution in [0.2, 0.25) is 0 Å². The monoisotopic (exact) mass is 284 g/mol.